The number of pyridine rings is 1. The van der Waals surface area contributed by atoms with Crippen LogP contribution < -0.4 is 5.56 Å². The SMILES string of the molecule is C=Cc1cn(-c2ccc(O)cc2)c(=O)c2c(C#N)cc(O)cc12. The molecule has 5 heteroatoms. The smallest absolute Gasteiger partial charge is 0.264 e. The topological polar surface area (TPSA) is 86.3 Å². The molecule has 3 aromatic rings. The second-order valence-electron chi connectivity index (χ2n) is 5.01. The first-order valence-electron chi connectivity index (χ1n) is 6.79. The summed E-state index contributed by atoms with van der Waals surface area (Å²) in [4.78, 5) is 12.8. The van der Waals surface area contributed by atoms with Gasteiger partial charge < -0.3 is 10.2 Å². The number of phenols is 2. The minimum atomic E-state index is -0.382. The van der Waals surface area contributed by atoms with Crippen molar-refractivity contribution in [3.63, 3.8) is 0 Å². The predicted molar refractivity (Wildman–Crippen MR) is 87.7 cm³/mol. The molecule has 0 saturated carbocycles. The minimum Gasteiger partial charge on any atom is -0.508 e. The van der Waals surface area contributed by atoms with Crippen LogP contribution in [0, 0.1) is 11.3 Å². The van der Waals surface area contributed by atoms with Gasteiger partial charge in [0.25, 0.3) is 5.56 Å². The molecule has 1 aromatic heterocycles. The van der Waals surface area contributed by atoms with Crippen LogP contribution >= 0.6 is 0 Å². The summed E-state index contributed by atoms with van der Waals surface area (Å²) < 4.78 is 1.39. The quantitative estimate of drug-likeness (QED) is 0.762. The Morgan fingerprint density at radius 1 is 1.13 bits per heavy atom. The van der Waals surface area contributed by atoms with Crippen molar-refractivity contribution >= 4 is 16.8 Å². The van der Waals surface area contributed by atoms with Gasteiger partial charge in [0.2, 0.25) is 0 Å². The first-order valence-corrected chi connectivity index (χ1v) is 6.79. The number of aromatic hydroxyl groups is 2. The zero-order chi connectivity index (χ0) is 16.6. The van der Waals surface area contributed by atoms with Crippen LogP contribution in [0.2, 0.25) is 0 Å². The van der Waals surface area contributed by atoms with Gasteiger partial charge in [0.05, 0.1) is 10.9 Å². The van der Waals surface area contributed by atoms with E-state index in [9.17, 15) is 20.3 Å². The van der Waals surface area contributed by atoms with E-state index in [1.165, 1.54) is 28.8 Å². The fraction of sp³-hybridized carbons (Fsp3) is 0. The van der Waals surface area contributed by atoms with Crippen molar-refractivity contribution in [2.24, 2.45) is 0 Å². The lowest BCUT2D eigenvalue weighted by Gasteiger charge is -2.12. The lowest BCUT2D eigenvalue weighted by Crippen LogP contribution is -2.19. The van der Waals surface area contributed by atoms with Crippen molar-refractivity contribution in [1.82, 2.24) is 4.57 Å². The average molecular weight is 304 g/mol. The van der Waals surface area contributed by atoms with Crippen LogP contribution in [-0.4, -0.2) is 14.8 Å². The third-order valence-corrected chi connectivity index (χ3v) is 3.60. The van der Waals surface area contributed by atoms with Crippen LogP contribution in [0.3, 0.4) is 0 Å². The second kappa shape index (κ2) is 5.35. The number of benzene rings is 2. The Labute approximate surface area is 131 Å². The van der Waals surface area contributed by atoms with Crippen molar-refractivity contribution in [2.75, 3.05) is 0 Å². The molecule has 0 amide bonds. The van der Waals surface area contributed by atoms with Crippen LogP contribution in [0.1, 0.15) is 11.1 Å². The van der Waals surface area contributed by atoms with E-state index in [0.717, 1.165) is 0 Å². The van der Waals surface area contributed by atoms with E-state index in [4.69, 9.17) is 0 Å². The van der Waals surface area contributed by atoms with E-state index in [-0.39, 0.29) is 28.0 Å². The monoisotopic (exact) mass is 304 g/mol. The number of phenolic OH excluding ortho intramolecular Hbond substituents is 2. The molecule has 0 radical (unpaired) electrons. The van der Waals surface area contributed by atoms with Gasteiger partial charge >= 0.3 is 0 Å². The molecule has 0 saturated heterocycles. The van der Waals surface area contributed by atoms with Crippen molar-refractivity contribution in [1.29, 1.82) is 5.26 Å². The molecule has 0 bridgehead atoms. The maximum Gasteiger partial charge on any atom is 0.264 e. The highest BCUT2D eigenvalue weighted by Crippen LogP contribution is 2.26. The zero-order valence-electron chi connectivity index (χ0n) is 12.0. The van der Waals surface area contributed by atoms with Crippen molar-refractivity contribution in [3.05, 3.63) is 70.7 Å². The number of hydrogen-bond donors (Lipinski definition) is 2. The van der Waals surface area contributed by atoms with Crippen molar-refractivity contribution in [2.45, 2.75) is 0 Å². The molecule has 0 unspecified atom stereocenters. The van der Waals surface area contributed by atoms with Crippen LogP contribution in [-0.2, 0) is 0 Å². The number of rotatable bonds is 2. The van der Waals surface area contributed by atoms with Gasteiger partial charge in [0, 0.05) is 17.3 Å². The highest BCUT2D eigenvalue weighted by atomic mass is 16.3. The molecule has 0 aliphatic heterocycles. The number of hydrogen-bond acceptors (Lipinski definition) is 4. The summed E-state index contributed by atoms with van der Waals surface area (Å²) in [7, 11) is 0. The first-order chi connectivity index (χ1) is 11.0. The van der Waals surface area contributed by atoms with E-state index in [0.29, 0.717) is 16.6 Å². The summed E-state index contributed by atoms with van der Waals surface area (Å²) in [6.07, 6.45) is 3.14. The van der Waals surface area contributed by atoms with E-state index in [1.54, 1.807) is 24.4 Å². The van der Waals surface area contributed by atoms with Gasteiger partial charge in [0.1, 0.15) is 17.6 Å². The molecule has 2 aromatic carbocycles. The van der Waals surface area contributed by atoms with Crippen molar-refractivity contribution < 1.29 is 10.2 Å². The van der Waals surface area contributed by atoms with E-state index in [2.05, 4.69) is 6.58 Å². The molecule has 0 fully saturated rings. The van der Waals surface area contributed by atoms with Crippen LogP contribution in [0.5, 0.6) is 11.5 Å². The Morgan fingerprint density at radius 3 is 2.43 bits per heavy atom. The van der Waals surface area contributed by atoms with Gasteiger partial charge in [-0.1, -0.05) is 12.7 Å². The van der Waals surface area contributed by atoms with Crippen LogP contribution in [0.4, 0.5) is 0 Å². The maximum absolute atomic E-state index is 12.8. The molecule has 112 valence electrons. The summed E-state index contributed by atoms with van der Waals surface area (Å²) in [6.45, 7) is 3.72. The fourth-order valence-electron chi connectivity index (χ4n) is 2.53. The number of nitrogens with zero attached hydrogens (tertiary/aromatic N) is 2. The largest absolute Gasteiger partial charge is 0.508 e. The molecule has 23 heavy (non-hydrogen) atoms. The molecule has 0 aliphatic rings. The molecule has 2 N–H and O–H groups in total. The molecule has 5 nitrogen and oxygen atoms in total. The normalized spacial score (nSPS) is 10.4. The van der Waals surface area contributed by atoms with Crippen molar-refractivity contribution in [3.8, 4) is 23.3 Å². The lowest BCUT2D eigenvalue weighted by atomic mass is 10.0. The highest BCUT2D eigenvalue weighted by Gasteiger charge is 2.14. The third-order valence-electron chi connectivity index (χ3n) is 3.60. The molecule has 0 aliphatic carbocycles. The standard InChI is InChI=1S/C18H12N2O3/c1-2-11-10-20(13-3-5-14(21)6-4-13)18(23)17-12(9-19)7-15(22)8-16(11)17/h2-8,10,21-22H,1H2. The Bertz CT molecular complexity index is 1030. The predicted octanol–water partition coefficient (Wildman–Crippen LogP) is 2.92. The molecule has 0 atom stereocenters. The average Bonchev–Trinajstić information content (AvgIpc) is 2.55. The summed E-state index contributed by atoms with van der Waals surface area (Å²) in [5.74, 6) is 0.00750. The van der Waals surface area contributed by atoms with Gasteiger partial charge in [-0.3, -0.25) is 9.36 Å². The molecule has 1 heterocycles. The van der Waals surface area contributed by atoms with Crippen LogP contribution in [0.15, 0.2) is 54.0 Å². The fourth-order valence-corrected chi connectivity index (χ4v) is 2.53. The van der Waals surface area contributed by atoms with E-state index >= 15 is 0 Å². The molecule has 0 spiro atoms. The number of nitriles is 1. The molecular formula is C18H12N2O3. The van der Waals surface area contributed by atoms with Gasteiger partial charge in [-0.25, -0.2) is 0 Å². The van der Waals surface area contributed by atoms with Crippen LogP contribution in [0.25, 0.3) is 22.5 Å². The lowest BCUT2D eigenvalue weighted by molar-refractivity contribution is 0.475. The van der Waals surface area contributed by atoms with E-state index in [1.807, 2.05) is 6.07 Å². The highest BCUT2D eigenvalue weighted by molar-refractivity contribution is 5.94. The second-order valence-corrected chi connectivity index (χ2v) is 5.01. The Balaban J connectivity index is 2.47. The minimum absolute atomic E-state index is 0.0843. The maximum atomic E-state index is 12.8. The van der Waals surface area contributed by atoms with Gasteiger partial charge in [-0.05, 0) is 42.0 Å². The first kappa shape index (κ1) is 14.4. The summed E-state index contributed by atoms with van der Waals surface area (Å²) >= 11 is 0. The third kappa shape index (κ3) is 2.32. The number of fused-ring (bicyclic) bond motifs is 1. The Morgan fingerprint density at radius 2 is 1.83 bits per heavy atom. The molecule has 3 rings (SSSR count). The van der Waals surface area contributed by atoms with E-state index < -0.39 is 0 Å². The summed E-state index contributed by atoms with van der Waals surface area (Å²) in [6, 6.07) is 10.8. The molecular weight excluding hydrogens is 292 g/mol. The summed E-state index contributed by atoms with van der Waals surface area (Å²) in [5.41, 5.74) is 0.879. The van der Waals surface area contributed by atoms with Gasteiger partial charge in [-0.15, -0.1) is 0 Å². The zero-order valence-corrected chi connectivity index (χ0v) is 12.0. The van der Waals surface area contributed by atoms with Gasteiger partial charge in [0.15, 0.2) is 0 Å². The Hall–Kier alpha value is -3.52. The summed E-state index contributed by atoms with van der Waals surface area (Å²) in [5, 5.41) is 29.1. The number of aromatic nitrogens is 1. The van der Waals surface area contributed by atoms with Gasteiger partial charge in [-0.2, -0.15) is 5.26 Å². The Kier molecular flexibility index (Phi) is 3.36.